The number of hydrogen-bond acceptors (Lipinski definition) is 1. The van der Waals surface area contributed by atoms with Crippen LogP contribution in [0.5, 0.6) is 0 Å². The van der Waals surface area contributed by atoms with Crippen LogP contribution in [-0.2, 0) is 11.8 Å². The topological polar surface area (TPSA) is 26.0 Å². The van der Waals surface area contributed by atoms with Gasteiger partial charge in [-0.3, -0.25) is 0 Å². The fourth-order valence-electron chi connectivity index (χ4n) is 4.05. The van der Waals surface area contributed by atoms with Gasteiger partial charge in [-0.25, -0.2) is 4.39 Å². The lowest BCUT2D eigenvalue weighted by Crippen LogP contribution is -2.29. The van der Waals surface area contributed by atoms with Gasteiger partial charge in [0, 0.05) is 0 Å². The van der Waals surface area contributed by atoms with E-state index in [1.54, 1.807) is 6.08 Å². The van der Waals surface area contributed by atoms with E-state index in [1.165, 1.54) is 68.9 Å². The second-order valence-electron chi connectivity index (χ2n) is 7.06. The molecule has 2 rings (SSSR count). The fraction of sp³-hybridized carbons (Fsp3) is 0.619. The molecule has 1 saturated carbocycles. The molecule has 0 aliphatic heterocycles. The maximum absolute atomic E-state index is 12.1. The molecule has 128 valence electrons. The van der Waals surface area contributed by atoms with Crippen molar-refractivity contribution in [3.05, 3.63) is 47.8 Å². The number of halogens is 1. The molecule has 0 heterocycles. The molecule has 0 radical (unpaired) electrons. The van der Waals surface area contributed by atoms with Crippen molar-refractivity contribution in [2.24, 2.45) is 5.73 Å². The van der Waals surface area contributed by atoms with Crippen molar-refractivity contribution in [3.63, 3.8) is 0 Å². The Kier molecular flexibility index (Phi) is 7.81. The van der Waals surface area contributed by atoms with E-state index in [9.17, 15) is 4.39 Å². The molecule has 0 atom stereocenters. The molecule has 0 aromatic heterocycles. The predicted molar refractivity (Wildman–Crippen MR) is 97.3 cm³/mol. The number of nitrogens with two attached hydrogens (primary N) is 1. The van der Waals surface area contributed by atoms with Gasteiger partial charge in [-0.2, -0.15) is 0 Å². The molecule has 0 bridgehead atoms. The van der Waals surface area contributed by atoms with Crippen LogP contribution in [0.15, 0.2) is 36.7 Å². The van der Waals surface area contributed by atoms with Crippen molar-refractivity contribution < 1.29 is 4.39 Å². The highest BCUT2D eigenvalue weighted by Crippen LogP contribution is 2.43. The van der Waals surface area contributed by atoms with Crippen LogP contribution < -0.4 is 5.73 Å². The Balaban J connectivity index is 2.01. The molecule has 2 N–H and O–H groups in total. The largest absolute Gasteiger partial charge is 0.330 e. The SMILES string of the molecule is NCCCCCCC1(c2ccc(C/C=C/F)cc2)CCCCC1. The first-order valence-electron chi connectivity index (χ1n) is 9.35. The smallest absolute Gasteiger partial charge is 0.0830 e. The maximum Gasteiger partial charge on any atom is 0.0830 e. The lowest BCUT2D eigenvalue weighted by Gasteiger charge is -2.38. The van der Waals surface area contributed by atoms with Crippen LogP contribution in [0.4, 0.5) is 4.39 Å². The summed E-state index contributed by atoms with van der Waals surface area (Å²) in [5.74, 6) is 0. The average Bonchev–Trinajstić information content (AvgIpc) is 2.61. The van der Waals surface area contributed by atoms with E-state index in [0.717, 1.165) is 13.0 Å². The second kappa shape index (κ2) is 9.87. The normalized spacial score (nSPS) is 17.7. The van der Waals surface area contributed by atoms with E-state index in [4.69, 9.17) is 5.73 Å². The minimum Gasteiger partial charge on any atom is -0.330 e. The summed E-state index contributed by atoms with van der Waals surface area (Å²) in [6.45, 7) is 0.819. The summed E-state index contributed by atoms with van der Waals surface area (Å²) in [5.41, 5.74) is 8.67. The molecule has 0 amide bonds. The van der Waals surface area contributed by atoms with Crippen LogP contribution >= 0.6 is 0 Å². The molecule has 0 spiro atoms. The van der Waals surface area contributed by atoms with Crippen molar-refractivity contribution >= 4 is 0 Å². The molecule has 1 aromatic carbocycles. The molecule has 2 heteroatoms. The lowest BCUT2D eigenvalue weighted by molar-refractivity contribution is 0.265. The third-order valence-electron chi connectivity index (χ3n) is 5.43. The van der Waals surface area contributed by atoms with E-state index in [2.05, 4.69) is 24.3 Å². The highest BCUT2D eigenvalue weighted by molar-refractivity contribution is 5.30. The Bertz CT molecular complexity index is 457. The van der Waals surface area contributed by atoms with E-state index >= 15 is 0 Å². The Labute approximate surface area is 141 Å². The zero-order chi connectivity index (χ0) is 16.4. The number of rotatable bonds is 9. The van der Waals surface area contributed by atoms with Crippen LogP contribution in [0.3, 0.4) is 0 Å². The molecule has 0 unspecified atom stereocenters. The third-order valence-corrected chi connectivity index (χ3v) is 5.43. The highest BCUT2D eigenvalue weighted by atomic mass is 19.1. The molecule has 1 aliphatic rings. The summed E-state index contributed by atoms with van der Waals surface area (Å²) >= 11 is 0. The summed E-state index contributed by atoms with van der Waals surface area (Å²) in [6.07, 6.45) is 16.0. The molecule has 0 saturated heterocycles. The van der Waals surface area contributed by atoms with Crippen LogP contribution in [0.1, 0.15) is 75.3 Å². The molecular weight excluding hydrogens is 285 g/mol. The highest BCUT2D eigenvalue weighted by Gasteiger charge is 2.33. The van der Waals surface area contributed by atoms with Crippen molar-refractivity contribution in [1.29, 1.82) is 0 Å². The quantitative estimate of drug-likeness (QED) is 0.570. The Morgan fingerprint density at radius 2 is 1.65 bits per heavy atom. The molecule has 23 heavy (non-hydrogen) atoms. The van der Waals surface area contributed by atoms with Crippen molar-refractivity contribution in [2.45, 2.75) is 76.0 Å². The Hall–Kier alpha value is -1.15. The fourth-order valence-corrected chi connectivity index (χ4v) is 4.05. The van der Waals surface area contributed by atoms with Crippen LogP contribution in [0, 0.1) is 0 Å². The lowest BCUT2D eigenvalue weighted by atomic mass is 9.66. The summed E-state index contributed by atoms with van der Waals surface area (Å²) in [5, 5.41) is 0. The van der Waals surface area contributed by atoms with Crippen molar-refractivity contribution in [2.75, 3.05) is 6.54 Å². The first-order chi connectivity index (χ1) is 11.3. The van der Waals surface area contributed by atoms with Gasteiger partial charge >= 0.3 is 0 Å². The molecule has 1 fully saturated rings. The summed E-state index contributed by atoms with van der Waals surface area (Å²) in [7, 11) is 0. The molecular formula is C21H32FN. The van der Waals surface area contributed by atoms with Gasteiger partial charge in [0.25, 0.3) is 0 Å². The van der Waals surface area contributed by atoms with E-state index < -0.39 is 0 Å². The van der Waals surface area contributed by atoms with Crippen molar-refractivity contribution in [3.8, 4) is 0 Å². The summed E-state index contributed by atoms with van der Waals surface area (Å²) < 4.78 is 12.1. The van der Waals surface area contributed by atoms with Gasteiger partial charge in [0.15, 0.2) is 0 Å². The summed E-state index contributed by atoms with van der Waals surface area (Å²) in [6, 6.07) is 8.96. The Morgan fingerprint density at radius 3 is 2.30 bits per heavy atom. The van der Waals surface area contributed by atoms with E-state index in [0.29, 0.717) is 18.2 Å². The van der Waals surface area contributed by atoms with Crippen LogP contribution in [-0.4, -0.2) is 6.54 Å². The van der Waals surface area contributed by atoms with Gasteiger partial charge in [-0.15, -0.1) is 0 Å². The van der Waals surface area contributed by atoms with Crippen molar-refractivity contribution in [1.82, 2.24) is 0 Å². The van der Waals surface area contributed by atoms with Gasteiger partial charge in [0.05, 0.1) is 6.33 Å². The second-order valence-corrected chi connectivity index (χ2v) is 7.06. The number of allylic oxidation sites excluding steroid dienone is 1. The zero-order valence-electron chi connectivity index (χ0n) is 14.4. The molecule has 1 aliphatic carbocycles. The van der Waals surface area contributed by atoms with Gasteiger partial charge in [0.2, 0.25) is 0 Å². The first kappa shape index (κ1) is 18.2. The minimum absolute atomic E-state index is 0.384. The van der Waals surface area contributed by atoms with Gasteiger partial charge < -0.3 is 5.73 Å². The van der Waals surface area contributed by atoms with E-state index in [1.807, 2.05) is 0 Å². The number of hydrogen-bond donors (Lipinski definition) is 1. The van der Waals surface area contributed by atoms with Crippen LogP contribution in [0.2, 0.25) is 0 Å². The maximum atomic E-state index is 12.1. The first-order valence-corrected chi connectivity index (χ1v) is 9.35. The van der Waals surface area contributed by atoms with E-state index in [-0.39, 0.29) is 0 Å². The van der Waals surface area contributed by atoms with Gasteiger partial charge in [-0.1, -0.05) is 68.9 Å². The number of unbranched alkanes of at least 4 members (excludes halogenated alkanes) is 3. The molecule has 1 aromatic rings. The van der Waals surface area contributed by atoms with Crippen LogP contribution in [0.25, 0.3) is 0 Å². The minimum atomic E-state index is 0.384. The summed E-state index contributed by atoms with van der Waals surface area (Å²) in [4.78, 5) is 0. The Morgan fingerprint density at radius 1 is 0.957 bits per heavy atom. The zero-order valence-corrected chi connectivity index (χ0v) is 14.4. The monoisotopic (exact) mass is 317 g/mol. The third kappa shape index (κ3) is 5.46. The van der Waals surface area contributed by atoms with Gasteiger partial charge in [-0.05, 0) is 55.2 Å². The number of benzene rings is 1. The predicted octanol–water partition coefficient (Wildman–Crippen LogP) is 5.82. The molecule has 1 nitrogen and oxygen atoms in total. The average molecular weight is 317 g/mol. The van der Waals surface area contributed by atoms with Gasteiger partial charge in [0.1, 0.15) is 0 Å². The standard InChI is InChI=1S/C21H32FN/c22-17-8-9-19-10-12-20(13-11-19)21(15-5-3-6-16-21)14-4-1-2-7-18-23/h8,10-13,17H,1-7,9,14-16,18,23H2/b17-8+.